The maximum Gasteiger partial charge on any atom is 0.242 e. The molecule has 0 radical (unpaired) electrons. The van der Waals surface area contributed by atoms with Gasteiger partial charge in [-0.05, 0) is 62.9 Å². The van der Waals surface area contributed by atoms with Crippen LogP contribution in [0.4, 0.5) is 5.69 Å². The first-order valence-corrected chi connectivity index (χ1v) is 9.19. The first-order chi connectivity index (χ1) is 10.1. The number of likely N-dealkylation sites (tertiary alicyclic amines) is 1. The van der Waals surface area contributed by atoms with Crippen LogP contribution in [0.3, 0.4) is 0 Å². The summed E-state index contributed by atoms with van der Waals surface area (Å²) in [4.78, 5) is 15.7. The molecule has 0 unspecified atom stereocenters. The smallest absolute Gasteiger partial charge is 0.242 e. The molecular weight excluding hydrogens is 284 g/mol. The van der Waals surface area contributed by atoms with E-state index >= 15 is 0 Å². The summed E-state index contributed by atoms with van der Waals surface area (Å²) in [6.07, 6.45) is 6.36. The Labute approximate surface area is 128 Å². The van der Waals surface area contributed by atoms with E-state index in [4.69, 9.17) is 0 Å². The summed E-state index contributed by atoms with van der Waals surface area (Å²) >= 11 is 0. The summed E-state index contributed by atoms with van der Waals surface area (Å²) in [5, 5.41) is 3.02. The highest BCUT2D eigenvalue weighted by atomic mass is 32.2. The minimum atomic E-state index is -1.02. The Morgan fingerprint density at radius 1 is 1.33 bits per heavy atom. The van der Waals surface area contributed by atoms with E-state index in [1.165, 1.54) is 12.8 Å². The molecule has 21 heavy (non-hydrogen) atoms. The number of rotatable bonds is 5. The van der Waals surface area contributed by atoms with Crippen molar-refractivity contribution in [3.05, 3.63) is 24.3 Å². The van der Waals surface area contributed by atoms with E-state index < -0.39 is 10.8 Å². The fourth-order valence-corrected chi connectivity index (χ4v) is 3.64. The van der Waals surface area contributed by atoms with Crippen molar-refractivity contribution in [3.8, 4) is 0 Å². The molecule has 1 N–H and O–H groups in total. The third kappa shape index (κ3) is 3.52. The average Bonchev–Trinajstić information content (AvgIpc) is 3.13. The van der Waals surface area contributed by atoms with Crippen LogP contribution in [-0.4, -0.2) is 40.4 Å². The van der Waals surface area contributed by atoms with Crippen molar-refractivity contribution in [2.75, 3.05) is 24.7 Å². The van der Waals surface area contributed by atoms with Gasteiger partial charge in [-0.2, -0.15) is 0 Å². The third-order valence-corrected chi connectivity index (χ3v) is 5.22. The summed E-state index contributed by atoms with van der Waals surface area (Å²) in [6.45, 7) is 2.07. The van der Waals surface area contributed by atoms with Crippen LogP contribution in [0, 0.1) is 5.92 Å². The summed E-state index contributed by atoms with van der Waals surface area (Å²) in [5.74, 6) is 0.616. The predicted molar refractivity (Wildman–Crippen MR) is 84.7 cm³/mol. The SMILES string of the molecule is C[S@](=O)c1cccc(NC(=O)[C@@H](C2CC2)N2CCCC2)c1. The summed E-state index contributed by atoms with van der Waals surface area (Å²) in [6, 6.07) is 7.35. The normalized spacial score (nSPS) is 22.0. The van der Waals surface area contributed by atoms with Crippen molar-refractivity contribution in [2.45, 2.75) is 36.6 Å². The van der Waals surface area contributed by atoms with E-state index in [0.29, 0.717) is 5.92 Å². The molecule has 1 aromatic carbocycles. The summed E-state index contributed by atoms with van der Waals surface area (Å²) in [5.41, 5.74) is 0.748. The van der Waals surface area contributed by atoms with Crippen LogP contribution in [0.15, 0.2) is 29.2 Å². The second-order valence-corrected chi connectivity index (χ2v) is 7.38. The Kier molecular flexibility index (Phi) is 4.40. The number of benzene rings is 1. The Bertz CT molecular complexity index is 551. The lowest BCUT2D eigenvalue weighted by Crippen LogP contribution is -2.44. The predicted octanol–water partition coefficient (Wildman–Crippen LogP) is 2.24. The van der Waals surface area contributed by atoms with Gasteiger partial charge in [0.2, 0.25) is 5.91 Å². The first-order valence-electron chi connectivity index (χ1n) is 7.63. The molecule has 1 aliphatic heterocycles. The molecule has 4 nitrogen and oxygen atoms in total. The second kappa shape index (κ2) is 6.28. The zero-order valence-corrected chi connectivity index (χ0v) is 13.2. The standard InChI is InChI=1S/C16H22N2O2S/c1-21(20)14-6-4-5-13(11-14)17-16(19)15(12-7-8-12)18-9-2-3-10-18/h4-6,11-12,15H,2-3,7-10H2,1H3,(H,17,19)/t15-,21+/m1/s1. The average molecular weight is 306 g/mol. The van der Waals surface area contributed by atoms with E-state index in [9.17, 15) is 9.00 Å². The molecule has 5 heteroatoms. The lowest BCUT2D eigenvalue weighted by atomic mass is 10.1. The monoisotopic (exact) mass is 306 g/mol. The van der Waals surface area contributed by atoms with Crippen LogP contribution in [0.25, 0.3) is 0 Å². The second-order valence-electron chi connectivity index (χ2n) is 6.00. The van der Waals surface area contributed by atoms with Crippen molar-refractivity contribution in [1.82, 2.24) is 4.90 Å². The Balaban J connectivity index is 1.71. The van der Waals surface area contributed by atoms with E-state index in [2.05, 4.69) is 10.2 Å². The van der Waals surface area contributed by atoms with Crippen LogP contribution < -0.4 is 5.32 Å². The van der Waals surface area contributed by atoms with E-state index in [1.807, 2.05) is 24.3 Å². The van der Waals surface area contributed by atoms with Gasteiger partial charge in [0.05, 0.1) is 6.04 Å². The van der Waals surface area contributed by atoms with Gasteiger partial charge in [0, 0.05) is 27.6 Å². The molecule has 1 aromatic rings. The van der Waals surface area contributed by atoms with Crippen LogP contribution in [-0.2, 0) is 15.6 Å². The highest BCUT2D eigenvalue weighted by Gasteiger charge is 2.40. The minimum Gasteiger partial charge on any atom is -0.325 e. The number of nitrogens with one attached hydrogen (secondary N) is 1. The number of hydrogen-bond donors (Lipinski definition) is 1. The molecule has 1 amide bonds. The zero-order chi connectivity index (χ0) is 14.8. The molecule has 0 aromatic heterocycles. The molecule has 2 atom stereocenters. The molecular formula is C16H22N2O2S. The molecule has 3 rings (SSSR count). The van der Waals surface area contributed by atoms with Crippen molar-refractivity contribution < 1.29 is 9.00 Å². The maximum atomic E-state index is 12.6. The first kappa shape index (κ1) is 14.7. The van der Waals surface area contributed by atoms with Gasteiger partial charge in [-0.3, -0.25) is 13.9 Å². The van der Waals surface area contributed by atoms with Crippen LogP contribution >= 0.6 is 0 Å². The topological polar surface area (TPSA) is 49.4 Å². The van der Waals surface area contributed by atoms with Crippen LogP contribution in [0.5, 0.6) is 0 Å². The summed E-state index contributed by atoms with van der Waals surface area (Å²) in [7, 11) is -1.02. The number of hydrogen-bond acceptors (Lipinski definition) is 3. The lowest BCUT2D eigenvalue weighted by Gasteiger charge is -2.26. The van der Waals surface area contributed by atoms with Crippen LogP contribution in [0.1, 0.15) is 25.7 Å². The molecule has 0 bridgehead atoms. The van der Waals surface area contributed by atoms with E-state index in [-0.39, 0.29) is 11.9 Å². The van der Waals surface area contributed by atoms with Gasteiger partial charge in [0.1, 0.15) is 0 Å². The lowest BCUT2D eigenvalue weighted by molar-refractivity contribution is -0.121. The minimum absolute atomic E-state index is 0.0169. The maximum absolute atomic E-state index is 12.6. The van der Waals surface area contributed by atoms with Gasteiger partial charge < -0.3 is 5.32 Å². The molecule has 0 spiro atoms. The zero-order valence-electron chi connectivity index (χ0n) is 12.4. The van der Waals surface area contributed by atoms with Crippen molar-refractivity contribution in [1.29, 1.82) is 0 Å². The molecule has 1 saturated carbocycles. The van der Waals surface area contributed by atoms with Crippen LogP contribution in [0.2, 0.25) is 0 Å². The highest BCUT2D eigenvalue weighted by molar-refractivity contribution is 7.84. The van der Waals surface area contributed by atoms with E-state index in [1.54, 1.807) is 6.26 Å². The van der Waals surface area contributed by atoms with Gasteiger partial charge in [-0.1, -0.05) is 6.07 Å². The van der Waals surface area contributed by atoms with Gasteiger partial charge in [0.25, 0.3) is 0 Å². The summed E-state index contributed by atoms with van der Waals surface area (Å²) < 4.78 is 11.5. The Hall–Kier alpha value is -1.20. The van der Waals surface area contributed by atoms with Crippen molar-refractivity contribution >= 4 is 22.4 Å². The molecule has 2 fully saturated rings. The largest absolute Gasteiger partial charge is 0.325 e. The molecule has 1 heterocycles. The van der Waals surface area contributed by atoms with Gasteiger partial charge >= 0.3 is 0 Å². The van der Waals surface area contributed by atoms with Crippen molar-refractivity contribution in [2.24, 2.45) is 5.92 Å². The number of carbonyl (C=O) groups excluding carboxylic acids is 1. The number of nitrogens with zero attached hydrogens (tertiary/aromatic N) is 1. The third-order valence-electron chi connectivity index (χ3n) is 4.30. The highest BCUT2D eigenvalue weighted by Crippen LogP contribution is 2.37. The molecule has 2 aliphatic rings. The molecule has 114 valence electrons. The van der Waals surface area contributed by atoms with Crippen molar-refractivity contribution in [3.63, 3.8) is 0 Å². The fraction of sp³-hybridized carbons (Fsp3) is 0.562. The number of carbonyl (C=O) groups is 1. The van der Waals surface area contributed by atoms with Gasteiger partial charge in [-0.15, -0.1) is 0 Å². The Morgan fingerprint density at radius 2 is 2.05 bits per heavy atom. The number of anilines is 1. The van der Waals surface area contributed by atoms with E-state index in [0.717, 1.165) is 36.5 Å². The number of amides is 1. The molecule has 1 aliphatic carbocycles. The molecule has 1 saturated heterocycles. The quantitative estimate of drug-likeness (QED) is 0.907. The fourth-order valence-electron chi connectivity index (χ4n) is 3.08. The van der Waals surface area contributed by atoms with Gasteiger partial charge in [0.15, 0.2) is 0 Å². The Morgan fingerprint density at radius 3 is 2.67 bits per heavy atom. The van der Waals surface area contributed by atoms with Gasteiger partial charge in [-0.25, -0.2) is 0 Å².